The van der Waals surface area contributed by atoms with Crippen LogP contribution in [0.2, 0.25) is 0 Å². The first-order valence-electron chi connectivity index (χ1n) is 10.0. The van der Waals surface area contributed by atoms with Gasteiger partial charge in [0.2, 0.25) is 0 Å². The maximum Gasteiger partial charge on any atom is 0.308 e. The number of hydrogen-bond donors (Lipinski definition) is 0. The molecule has 1 aromatic carbocycles. The summed E-state index contributed by atoms with van der Waals surface area (Å²) in [6.45, 7) is 5.50. The molecule has 0 fully saturated rings. The second-order valence-corrected chi connectivity index (χ2v) is 8.59. The van der Waals surface area contributed by atoms with Gasteiger partial charge in [0.1, 0.15) is 16.8 Å². The third-order valence-electron chi connectivity index (χ3n) is 5.41. The van der Waals surface area contributed by atoms with E-state index in [1.54, 1.807) is 23.5 Å². The first kappa shape index (κ1) is 20.1. The molecule has 1 aliphatic carbocycles. The predicted octanol–water partition coefficient (Wildman–Crippen LogP) is 5.58. The molecule has 1 aliphatic rings. The summed E-state index contributed by atoms with van der Waals surface area (Å²) in [4.78, 5) is 17.1. The van der Waals surface area contributed by atoms with Crippen molar-refractivity contribution in [3.05, 3.63) is 63.3 Å². The van der Waals surface area contributed by atoms with Crippen molar-refractivity contribution in [2.75, 3.05) is 0 Å². The van der Waals surface area contributed by atoms with Crippen LogP contribution in [0.1, 0.15) is 52.7 Å². The fraction of sp³-hybridized carbons (Fsp3) is 0.292. The Labute approximate surface area is 180 Å². The molecule has 6 heteroatoms. The summed E-state index contributed by atoms with van der Waals surface area (Å²) in [5.74, 6) is 0.197. The maximum absolute atomic E-state index is 11.1. The largest absolute Gasteiger partial charge is 0.427 e. The summed E-state index contributed by atoms with van der Waals surface area (Å²) in [5.41, 5.74) is 6.12. The Bertz CT molecular complexity index is 1180. The van der Waals surface area contributed by atoms with E-state index in [9.17, 15) is 10.1 Å². The van der Waals surface area contributed by atoms with Crippen LogP contribution in [-0.2, 0) is 17.6 Å². The number of rotatable bonds is 4. The molecular weight excluding hydrogens is 394 g/mol. The van der Waals surface area contributed by atoms with Gasteiger partial charge in [-0.15, -0.1) is 11.3 Å². The van der Waals surface area contributed by atoms with Gasteiger partial charge in [-0.05, 0) is 75.4 Å². The molecule has 0 saturated carbocycles. The molecule has 152 valence electrons. The smallest absolute Gasteiger partial charge is 0.308 e. The van der Waals surface area contributed by atoms with Crippen molar-refractivity contribution in [1.29, 1.82) is 5.26 Å². The van der Waals surface area contributed by atoms with E-state index in [0.29, 0.717) is 5.75 Å². The zero-order valence-corrected chi connectivity index (χ0v) is 18.2. The average molecular weight is 418 g/mol. The third kappa shape index (κ3) is 3.81. The van der Waals surface area contributed by atoms with Crippen molar-refractivity contribution in [2.45, 2.75) is 46.5 Å². The lowest BCUT2D eigenvalue weighted by Crippen LogP contribution is -2.02. The summed E-state index contributed by atoms with van der Waals surface area (Å²) in [6, 6.07) is 11.9. The summed E-state index contributed by atoms with van der Waals surface area (Å²) in [5, 5.41) is 10.5. The molecule has 4 rings (SSSR count). The number of fused-ring (bicyclic) bond motifs is 1. The number of carbonyl (C=O) groups excluding carboxylic acids is 1. The van der Waals surface area contributed by atoms with Crippen LogP contribution < -0.4 is 4.74 Å². The van der Waals surface area contributed by atoms with Crippen molar-refractivity contribution in [3.8, 4) is 17.5 Å². The standard InChI is InChI=1S/C24H23N3O2S/c1-15-12-18(14-26-24-22(13-25)21-6-4-5-7-23(21)30-24)16(2)27(15)19-8-10-20(11-9-19)29-17(3)28/h8-12,14H,4-7H2,1-3H3/b26-14+. The fourth-order valence-electron chi connectivity index (χ4n) is 4.03. The van der Waals surface area contributed by atoms with E-state index in [1.165, 1.54) is 23.8 Å². The van der Waals surface area contributed by atoms with E-state index in [-0.39, 0.29) is 5.97 Å². The van der Waals surface area contributed by atoms with Crippen molar-refractivity contribution < 1.29 is 9.53 Å². The van der Waals surface area contributed by atoms with Crippen LogP contribution in [0, 0.1) is 25.2 Å². The highest BCUT2D eigenvalue weighted by molar-refractivity contribution is 7.16. The minimum absolute atomic E-state index is 0.332. The second kappa shape index (κ2) is 8.29. The van der Waals surface area contributed by atoms with Gasteiger partial charge in [-0.3, -0.25) is 4.79 Å². The molecule has 30 heavy (non-hydrogen) atoms. The number of benzene rings is 1. The Balaban J connectivity index is 1.64. The van der Waals surface area contributed by atoms with Crippen molar-refractivity contribution >= 4 is 28.5 Å². The Morgan fingerprint density at radius 2 is 1.97 bits per heavy atom. The molecule has 0 aliphatic heterocycles. The number of ether oxygens (including phenoxy) is 1. The number of esters is 1. The molecule has 0 N–H and O–H groups in total. The lowest BCUT2D eigenvalue weighted by molar-refractivity contribution is -0.131. The average Bonchev–Trinajstić information content (AvgIpc) is 3.22. The Morgan fingerprint density at radius 1 is 1.23 bits per heavy atom. The number of hydrogen-bond acceptors (Lipinski definition) is 5. The first-order chi connectivity index (χ1) is 14.5. The normalized spacial score (nSPS) is 13.3. The maximum atomic E-state index is 11.1. The number of nitriles is 1. The molecule has 0 saturated heterocycles. The molecule has 0 atom stereocenters. The van der Waals surface area contributed by atoms with Gasteiger partial charge in [-0.2, -0.15) is 5.26 Å². The molecule has 5 nitrogen and oxygen atoms in total. The Morgan fingerprint density at radius 3 is 2.67 bits per heavy atom. The van der Waals surface area contributed by atoms with E-state index in [2.05, 4.69) is 30.6 Å². The van der Waals surface area contributed by atoms with Crippen LogP contribution in [0.5, 0.6) is 5.75 Å². The van der Waals surface area contributed by atoms with Crippen LogP contribution in [0.3, 0.4) is 0 Å². The summed E-state index contributed by atoms with van der Waals surface area (Å²) in [6.07, 6.45) is 6.26. The summed E-state index contributed by atoms with van der Waals surface area (Å²) < 4.78 is 7.26. The van der Waals surface area contributed by atoms with Gasteiger partial charge < -0.3 is 9.30 Å². The van der Waals surface area contributed by atoms with E-state index < -0.39 is 0 Å². The molecule has 2 heterocycles. The van der Waals surface area contributed by atoms with Crippen LogP contribution >= 0.6 is 11.3 Å². The summed E-state index contributed by atoms with van der Waals surface area (Å²) in [7, 11) is 0. The van der Waals surface area contributed by atoms with Gasteiger partial charge in [0, 0.05) is 40.7 Å². The molecular formula is C24H23N3O2S. The van der Waals surface area contributed by atoms with Gasteiger partial charge in [0.15, 0.2) is 0 Å². The number of aryl methyl sites for hydroxylation is 2. The van der Waals surface area contributed by atoms with Gasteiger partial charge in [-0.25, -0.2) is 4.99 Å². The molecule has 0 unspecified atom stereocenters. The zero-order valence-electron chi connectivity index (χ0n) is 17.4. The fourth-order valence-corrected chi connectivity index (χ4v) is 5.21. The number of carbonyl (C=O) groups is 1. The van der Waals surface area contributed by atoms with E-state index in [4.69, 9.17) is 9.73 Å². The highest BCUT2D eigenvalue weighted by Crippen LogP contribution is 2.39. The molecule has 3 aromatic rings. The SMILES string of the molecule is CC(=O)Oc1ccc(-n2c(C)cc(/C=N/c3sc4c(c3C#N)CCCC4)c2C)cc1. The van der Waals surface area contributed by atoms with Gasteiger partial charge in [0.25, 0.3) is 0 Å². The van der Waals surface area contributed by atoms with Gasteiger partial charge >= 0.3 is 5.97 Å². The summed E-state index contributed by atoms with van der Waals surface area (Å²) >= 11 is 1.66. The van der Waals surface area contributed by atoms with Crippen molar-refractivity contribution in [3.63, 3.8) is 0 Å². The monoisotopic (exact) mass is 417 g/mol. The first-order valence-corrected chi connectivity index (χ1v) is 10.9. The van der Waals surface area contributed by atoms with Crippen LogP contribution in [0.25, 0.3) is 5.69 Å². The number of aromatic nitrogens is 1. The van der Waals surface area contributed by atoms with Gasteiger partial charge in [-0.1, -0.05) is 0 Å². The second-order valence-electron chi connectivity index (χ2n) is 7.51. The zero-order chi connectivity index (χ0) is 21.3. The number of aliphatic imine (C=N–C) groups is 1. The molecule has 0 radical (unpaired) electrons. The molecule has 0 bridgehead atoms. The number of thiophene rings is 1. The van der Waals surface area contributed by atoms with Crippen molar-refractivity contribution in [1.82, 2.24) is 4.57 Å². The predicted molar refractivity (Wildman–Crippen MR) is 119 cm³/mol. The van der Waals surface area contributed by atoms with E-state index in [1.807, 2.05) is 18.3 Å². The lowest BCUT2D eigenvalue weighted by atomic mass is 9.96. The molecule has 2 aromatic heterocycles. The molecule has 0 amide bonds. The number of nitrogens with zero attached hydrogens (tertiary/aromatic N) is 3. The van der Waals surface area contributed by atoms with E-state index in [0.717, 1.165) is 52.5 Å². The Kier molecular flexibility index (Phi) is 5.56. The highest BCUT2D eigenvalue weighted by atomic mass is 32.1. The van der Waals surface area contributed by atoms with Crippen LogP contribution in [-0.4, -0.2) is 16.8 Å². The minimum atomic E-state index is -0.332. The lowest BCUT2D eigenvalue weighted by Gasteiger charge is -2.10. The Hall–Kier alpha value is -3.17. The van der Waals surface area contributed by atoms with Crippen molar-refractivity contribution in [2.24, 2.45) is 4.99 Å². The third-order valence-corrected chi connectivity index (χ3v) is 6.61. The van der Waals surface area contributed by atoms with E-state index >= 15 is 0 Å². The van der Waals surface area contributed by atoms with Crippen LogP contribution in [0.15, 0.2) is 35.3 Å². The quantitative estimate of drug-likeness (QED) is 0.316. The van der Waals surface area contributed by atoms with Crippen LogP contribution in [0.4, 0.5) is 5.00 Å². The highest BCUT2D eigenvalue weighted by Gasteiger charge is 2.20. The van der Waals surface area contributed by atoms with Gasteiger partial charge in [0.05, 0.1) is 5.56 Å². The topological polar surface area (TPSA) is 67.4 Å². The minimum Gasteiger partial charge on any atom is -0.427 e. The molecule has 0 spiro atoms.